The number of carbonyl (C=O) groups excluding carboxylic acids is 2. The summed E-state index contributed by atoms with van der Waals surface area (Å²) in [6.07, 6.45) is 0.278. The smallest absolute Gasteiger partial charge is 0.192 e. The molecule has 0 aromatic carbocycles. The molecule has 6 heavy (non-hydrogen) atoms. The minimum atomic E-state index is -0.426. The van der Waals surface area contributed by atoms with Gasteiger partial charge in [0.1, 0.15) is 0 Å². The predicted octanol–water partition coefficient (Wildman–Crippen LogP) is -0.228. The summed E-state index contributed by atoms with van der Waals surface area (Å²) >= 11 is 0. The Morgan fingerprint density at radius 1 is 1.67 bits per heavy atom. The number of rotatable bonds is 1. The Morgan fingerprint density at radius 2 is 1.83 bits per heavy atom. The molecule has 0 fully saturated rings. The maximum absolute atomic E-state index is 9.44. The van der Waals surface area contributed by atoms with Gasteiger partial charge in [-0.1, -0.05) is 0 Å². The van der Waals surface area contributed by atoms with Crippen LogP contribution in [0.15, 0.2) is 0 Å². The van der Waals surface area contributed by atoms with Crippen LogP contribution in [-0.4, -0.2) is 12.1 Å². The zero-order chi connectivity index (χ0) is 4.28. The SMILES string of the molecule is CC(=O)C=O.[Rh]. The molecule has 0 bridgehead atoms. The summed E-state index contributed by atoms with van der Waals surface area (Å²) < 4.78 is 0. The van der Waals surface area contributed by atoms with E-state index in [0.717, 1.165) is 0 Å². The molecule has 0 aliphatic heterocycles. The van der Waals surface area contributed by atoms with Crippen LogP contribution in [0.4, 0.5) is 0 Å². The van der Waals surface area contributed by atoms with E-state index >= 15 is 0 Å². The molecule has 1 radical (unpaired) electrons. The maximum Gasteiger partial charge on any atom is 0.192 e. The van der Waals surface area contributed by atoms with Crippen LogP contribution in [0.25, 0.3) is 0 Å². The van der Waals surface area contributed by atoms with E-state index in [2.05, 4.69) is 0 Å². The fourth-order valence-corrected chi connectivity index (χ4v) is 0. The van der Waals surface area contributed by atoms with Crippen molar-refractivity contribution in [2.75, 3.05) is 0 Å². The molecule has 0 unspecified atom stereocenters. The van der Waals surface area contributed by atoms with Gasteiger partial charge in [0.05, 0.1) is 0 Å². The van der Waals surface area contributed by atoms with Gasteiger partial charge in [-0.15, -0.1) is 0 Å². The molecule has 3 heteroatoms. The molecule has 37 valence electrons. The van der Waals surface area contributed by atoms with Gasteiger partial charge < -0.3 is 0 Å². The normalized spacial score (nSPS) is 5.50. The zero-order valence-corrected chi connectivity index (χ0v) is 4.87. The van der Waals surface area contributed by atoms with Crippen molar-refractivity contribution in [3.05, 3.63) is 0 Å². The van der Waals surface area contributed by atoms with Crippen LogP contribution in [0.1, 0.15) is 6.92 Å². The Morgan fingerprint density at radius 3 is 1.83 bits per heavy atom. The number of ketones is 1. The second kappa shape index (κ2) is 4.96. The maximum atomic E-state index is 9.44. The molecule has 0 atom stereocenters. The topological polar surface area (TPSA) is 34.1 Å². The van der Waals surface area contributed by atoms with Crippen molar-refractivity contribution in [1.29, 1.82) is 0 Å². The molecule has 0 aliphatic rings. The quantitative estimate of drug-likeness (QED) is 0.313. The van der Waals surface area contributed by atoms with Crippen molar-refractivity contribution < 1.29 is 29.1 Å². The second-order valence-electron chi connectivity index (χ2n) is 0.729. The average Bonchev–Trinajstić information content (AvgIpc) is 1.38. The van der Waals surface area contributed by atoms with E-state index < -0.39 is 5.78 Å². The number of carbonyl (C=O) groups is 2. The van der Waals surface area contributed by atoms with Crippen LogP contribution < -0.4 is 0 Å². The Labute approximate surface area is 48.7 Å². The van der Waals surface area contributed by atoms with E-state index in [9.17, 15) is 4.79 Å². The van der Waals surface area contributed by atoms with Crippen LogP contribution in [0.3, 0.4) is 0 Å². The monoisotopic (exact) mass is 175 g/mol. The van der Waals surface area contributed by atoms with E-state index in [1.54, 1.807) is 0 Å². The molecule has 2 nitrogen and oxygen atoms in total. The summed E-state index contributed by atoms with van der Waals surface area (Å²) in [7, 11) is 0. The first-order chi connectivity index (χ1) is 2.27. The first-order valence-corrected chi connectivity index (χ1v) is 1.23. The molecule has 0 aromatic heterocycles. The third-order valence-electron chi connectivity index (χ3n) is 0.166. The standard InChI is InChI=1S/C3H4O2.Rh/c1-3(5)2-4;/h2H,1H3;. The fourth-order valence-electron chi connectivity index (χ4n) is 0. The van der Waals surface area contributed by atoms with Crippen LogP contribution in [0, 0.1) is 0 Å². The molecule has 0 heterocycles. The van der Waals surface area contributed by atoms with Crippen LogP contribution in [0.2, 0.25) is 0 Å². The molecular weight excluding hydrogens is 171 g/mol. The van der Waals surface area contributed by atoms with Gasteiger partial charge in [-0.05, 0) is 0 Å². The Bertz CT molecular complexity index is 59.8. The van der Waals surface area contributed by atoms with E-state index in [-0.39, 0.29) is 25.8 Å². The van der Waals surface area contributed by atoms with Gasteiger partial charge in [0.2, 0.25) is 0 Å². The largest absolute Gasteiger partial charge is 0.295 e. The average molecular weight is 175 g/mol. The fraction of sp³-hybridized carbons (Fsp3) is 0.333. The summed E-state index contributed by atoms with van der Waals surface area (Å²) in [4.78, 5) is 18.6. The summed E-state index contributed by atoms with van der Waals surface area (Å²) in [5.74, 6) is -0.426. The molecule has 0 saturated heterocycles. The molecular formula is C3H4O2Rh. The number of hydrogen-bond donors (Lipinski definition) is 0. The minimum absolute atomic E-state index is 0. The summed E-state index contributed by atoms with van der Waals surface area (Å²) in [5, 5.41) is 0. The van der Waals surface area contributed by atoms with Gasteiger partial charge >= 0.3 is 0 Å². The molecule has 0 rings (SSSR count). The number of aldehydes is 1. The van der Waals surface area contributed by atoms with Crippen molar-refractivity contribution in [3.8, 4) is 0 Å². The van der Waals surface area contributed by atoms with E-state index in [4.69, 9.17) is 4.79 Å². The third-order valence-corrected chi connectivity index (χ3v) is 0.166. The first-order valence-electron chi connectivity index (χ1n) is 1.23. The Balaban J connectivity index is 0. The second-order valence-corrected chi connectivity index (χ2v) is 0.729. The predicted molar refractivity (Wildman–Crippen MR) is 16.7 cm³/mol. The van der Waals surface area contributed by atoms with Gasteiger partial charge in [-0.2, -0.15) is 0 Å². The Hall–Kier alpha value is -0.0366. The third kappa shape index (κ3) is 9.03. The molecule has 0 N–H and O–H groups in total. The van der Waals surface area contributed by atoms with Gasteiger partial charge in [0, 0.05) is 26.4 Å². The first kappa shape index (κ1) is 9.35. The number of hydrogen-bond acceptors (Lipinski definition) is 2. The summed E-state index contributed by atoms with van der Waals surface area (Å²) in [6.45, 7) is 1.22. The molecule has 0 saturated carbocycles. The van der Waals surface area contributed by atoms with E-state index in [1.807, 2.05) is 0 Å². The van der Waals surface area contributed by atoms with Crippen molar-refractivity contribution >= 4 is 12.1 Å². The summed E-state index contributed by atoms with van der Waals surface area (Å²) in [5.41, 5.74) is 0. The van der Waals surface area contributed by atoms with Gasteiger partial charge in [0.25, 0.3) is 0 Å². The van der Waals surface area contributed by atoms with Crippen molar-refractivity contribution in [2.24, 2.45) is 0 Å². The van der Waals surface area contributed by atoms with Gasteiger partial charge in [-0.25, -0.2) is 0 Å². The van der Waals surface area contributed by atoms with Crippen molar-refractivity contribution in [3.63, 3.8) is 0 Å². The van der Waals surface area contributed by atoms with Crippen LogP contribution in [0.5, 0.6) is 0 Å². The number of Topliss-reactive ketones (excluding diaryl/α,β-unsaturated/α-hetero) is 1. The summed E-state index contributed by atoms with van der Waals surface area (Å²) in [6, 6.07) is 0. The molecule has 0 amide bonds. The molecule has 0 spiro atoms. The molecule has 0 aromatic rings. The van der Waals surface area contributed by atoms with Crippen molar-refractivity contribution in [2.45, 2.75) is 6.92 Å². The zero-order valence-electron chi connectivity index (χ0n) is 3.23. The minimum Gasteiger partial charge on any atom is -0.295 e. The van der Waals surface area contributed by atoms with E-state index in [0.29, 0.717) is 0 Å². The Kier molecular flexibility index (Phi) is 7.74. The van der Waals surface area contributed by atoms with Gasteiger partial charge in [-0.3, -0.25) is 9.59 Å². The van der Waals surface area contributed by atoms with E-state index in [1.165, 1.54) is 6.92 Å². The molecule has 0 aliphatic carbocycles. The van der Waals surface area contributed by atoms with Crippen molar-refractivity contribution in [1.82, 2.24) is 0 Å². The van der Waals surface area contributed by atoms with Gasteiger partial charge in [0.15, 0.2) is 12.1 Å². The van der Waals surface area contributed by atoms with Crippen LogP contribution in [-0.2, 0) is 29.1 Å². The van der Waals surface area contributed by atoms with Crippen LogP contribution >= 0.6 is 0 Å².